The molecular weight excluding hydrogens is 372 g/mol. The van der Waals surface area contributed by atoms with E-state index in [1.165, 1.54) is 5.56 Å². The molecule has 0 atom stereocenters. The Bertz CT molecular complexity index is 967. The minimum Gasteiger partial charge on any atom is -0.341 e. The molecule has 0 saturated carbocycles. The van der Waals surface area contributed by atoms with Crippen molar-refractivity contribution >= 4 is 40.8 Å². The van der Waals surface area contributed by atoms with Crippen molar-refractivity contribution in [3.05, 3.63) is 58.6 Å². The van der Waals surface area contributed by atoms with Crippen LogP contribution in [0.4, 0.5) is 29.2 Å². The number of nitrogens with one attached hydrogen (secondary N) is 2. The molecule has 1 aliphatic heterocycles. The summed E-state index contributed by atoms with van der Waals surface area (Å²) in [7, 11) is 0. The summed E-state index contributed by atoms with van der Waals surface area (Å²) in [5, 5.41) is 7.25. The van der Waals surface area contributed by atoms with Gasteiger partial charge in [-0.05, 0) is 56.5 Å². The number of aryl methyl sites for hydroxylation is 2. The summed E-state index contributed by atoms with van der Waals surface area (Å²) in [6.07, 6.45) is 2.31. The summed E-state index contributed by atoms with van der Waals surface area (Å²) in [4.78, 5) is 16.0. The van der Waals surface area contributed by atoms with Crippen LogP contribution in [-0.2, 0) is 0 Å². The van der Waals surface area contributed by atoms with Crippen molar-refractivity contribution < 1.29 is 0 Å². The molecule has 0 radical (unpaired) electrons. The van der Waals surface area contributed by atoms with Crippen molar-refractivity contribution in [3.8, 4) is 0 Å². The van der Waals surface area contributed by atoms with Crippen LogP contribution in [0.25, 0.3) is 0 Å². The van der Waals surface area contributed by atoms with Gasteiger partial charge in [0.25, 0.3) is 0 Å². The third-order valence-corrected chi connectivity index (χ3v) is 5.16. The number of halogens is 1. The van der Waals surface area contributed by atoms with Gasteiger partial charge in [-0.3, -0.25) is 0 Å². The minimum atomic E-state index is 0.492. The molecule has 1 saturated heterocycles. The molecule has 4 rings (SSSR count). The van der Waals surface area contributed by atoms with Crippen LogP contribution >= 0.6 is 11.6 Å². The zero-order chi connectivity index (χ0) is 19.5. The van der Waals surface area contributed by atoms with Crippen LogP contribution in [0.15, 0.2) is 42.5 Å². The van der Waals surface area contributed by atoms with Gasteiger partial charge in [-0.15, -0.1) is 0 Å². The smallest absolute Gasteiger partial charge is 0.233 e. The second-order valence-electron chi connectivity index (χ2n) is 7.06. The number of aromatic nitrogens is 3. The molecule has 6 nitrogen and oxygen atoms in total. The molecule has 1 aromatic heterocycles. The second kappa shape index (κ2) is 8.02. The van der Waals surface area contributed by atoms with Crippen LogP contribution in [0.2, 0.25) is 5.02 Å². The lowest BCUT2D eigenvalue weighted by Crippen LogP contribution is -2.21. The van der Waals surface area contributed by atoms with Gasteiger partial charge in [0, 0.05) is 29.5 Å². The van der Waals surface area contributed by atoms with Gasteiger partial charge >= 0.3 is 0 Å². The van der Waals surface area contributed by atoms with E-state index in [2.05, 4.69) is 49.5 Å². The number of hydrogen-bond donors (Lipinski definition) is 2. The van der Waals surface area contributed by atoms with E-state index >= 15 is 0 Å². The van der Waals surface area contributed by atoms with Gasteiger partial charge in [0.1, 0.15) is 0 Å². The zero-order valence-corrected chi connectivity index (χ0v) is 16.8. The Balaban J connectivity index is 1.64. The average molecular weight is 395 g/mol. The Kier molecular flexibility index (Phi) is 5.30. The monoisotopic (exact) mass is 394 g/mol. The highest BCUT2D eigenvalue weighted by atomic mass is 35.5. The first-order valence-electron chi connectivity index (χ1n) is 9.45. The van der Waals surface area contributed by atoms with Crippen LogP contribution in [-0.4, -0.2) is 28.0 Å². The molecule has 0 spiro atoms. The predicted molar refractivity (Wildman–Crippen MR) is 115 cm³/mol. The number of rotatable bonds is 5. The number of anilines is 5. The maximum atomic E-state index is 6.25. The van der Waals surface area contributed by atoms with Gasteiger partial charge in [-0.1, -0.05) is 35.4 Å². The van der Waals surface area contributed by atoms with Crippen LogP contribution in [0.1, 0.15) is 24.0 Å². The molecule has 1 fully saturated rings. The number of benzene rings is 2. The lowest BCUT2D eigenvalue weighted by Gasteiger charge is -2.17. The summed E-state index contributed by atoms with van der Waals surface area (Å²) >= 11 is 6.25. The summed E-state index contributed by atoms with van der Waals surface area (Å²) in [5.74, 6) is 1.69. The van der Waals surface area contributed by atoms with Gasteiger partial charge in [0.2, 0.25) is 17.8 Å². The van der Waals surface area contributed by atoms with E-state index in [1.807, 2.05) is 37.3 Å². The summed E-state index contributed by atoms with van der Waals surface area (Å²) in [6, 6.07) is 14.0. The standard InChI is InChI=1S/C21H23ClN6/c1-14-5-8-16(9-6-14)23-19-25-20(24-17-10-7-15(2)18(22)13-17)27-21(26-19)28-11-3-4-12-28/h5-10,13H,3-4,11-12H2,1-2H3,(H2,23,24,25,26,27). The van der Waals surface area contributed by atoms with Gasteiger partial charge in [0.15, 0.2) is 0 Å². The first-order valence-corrected chi connectivity index (χ1v) is 9.82. The fourth-order valence-corrected chi connectivity index (χ4v) is 3.28. The van der Waals surface area contributed by atoms with Crippen molar-refractivity contribution in [2.24, 2.45) is 0 Å². The maximum Gasteiger partial charge on any atom is 0.233 e. The topological polar surface area (TPSA) is 66.0 Å². The highest BCUT2D eigenvalue weighted by molar-refractivity contribution is 6.31. The molecule has 2 heterocycles. The molecular formula is C21H23ClN6. The number of nitrogens with zero attached hydrogens (tertiary/aromatic N) is 4. The molecule has 28 heavy (non-hydrogen) atoms. The molecule has 3 aromatic rings. The van der Waals surface area contributed by atoms with E-state index in [9.17, 15) is 0 Å². The zero-order valence-electron chi connectivity index (χ0n) is 16.0. The Labute approximate surface area is 170 Å². The Hall–Kier alpha value is -2.86. The largest absolute Gasteiger partial charge is 0.341 e. The van der Waals surface area contributed by atoms with E-state index in [1.54, 1.807) is 0 Å². The molecule has 0 aliphatic carbocycles. The van der Waals surface area contributed by atoms with Crippen molar-refractivity contribution in [2.75, 3.05) is 28.6 Å². The van der Waals surface area contributed by atoms with E-state index in [0.717, 1.165) is 42.9 Å². The summed E-state index contributed by atoms with van der Waals surface area (Å²) < 4.78 is 0. The third kappa shape index (κ3) is 4.34. The average Bonchev–Trinajstić information content (AvgIpc) is 3.21. The lowest BCUT2D eigenvalue weighted by atomic mass is 10.2. The quantitative estimate of drug-likeness (QED) is 0.617. The molecule has 7 heteroatoms. The van der Waals surface area contributed by atoms with Gasteiger partial charge in [-0.25, -0.2) is 0 Å². The summed E-state index contributed by atoms with van der Waals surface area (Å²) in [6.45, 7) is 5.96. The van der Waals surface area contributed by atoms with E-state index in [0.29, 0.717) is 22.9 Å². The van der Waals surface area contributed by atoms with Crippen molar-refractivity contribution in [1.82, 2.24) is 15.0 Å². The highest BCUT2D eigenvalue weighted by Crippen LogP contribution is 2.25. The number of hydrogen-bond acceptors (Lipinski definition) is 6. The Morgan fingerprint density at radius 1 is 0.821 bits per heavy atom. The molecule has 144 valence electrons. The SMILES string of the molecule is Cc1ccc(Nc2nc(Nc3ccc(C)c(Cl)c3)nc(N3CCCC3)n2)cc1. The molecule has 2 aromatic carbocycles. The first-order chi connectivity index (χ1) is 13.6. The fourth-order valence-electron chi connectivity index (χ4n) is 3.10. The van der Waals surface area contributed by atoms with Crippen molar-refractivity contribution in [2.45, 2.75) is 26.7 Å². The Morgan fingerprint density at radius 2 is 1.43 bits per heavy atom. The fraction of sp³-hybridized carbons (Fsp3) is 0.286. The van der Waals surface area contributed by atoms with Gasteiger partial charge in [0.05, 0.1) is 0 Å². The van der Waals surface area contributed by atoms with Gasteiger partial charge in [-0.2, -0.15) is 15.0 Å². The van der Waals surface area contributed by atoms with E-state index < -0.39 is 0 Å². The molecule has 0 bridgehead atoms. The highest BCUT2D eigenvalue weighted by Gasteiger charge is 2.18. The van der Waals surface area contributed by atoms with Gasteiger partial charge < -0.3 is 15.5 Å². The minimum absolute atomic E-state index is 0.492. The Morgan fingerprint density at radius 3 is 2.07 bits per heavy atom. The van der Waals surface area contributed by atoms with E-state index in [4.69, 9.17) is 11.6 Å². The van der Waals surface area contributed by atoms with Crippen LogP contribution < -0.4 is 15.5 Å². The van der Waals surface area contributed by atoms with E-state index in [-0.39, 0.29) is 0 Å². The maximum absolute atomic E-state index is 6.25. The first kappa shape index (κ1) is 18.5. The van der Waals surface area contributed by atoms with Crippen molar-refractivity contribution in [1.29, 1.82) is 0 Å². The van der Waals surface area contributed by atoms with Crippen LogP contribution in [0.3, 0.4) is 0 Å². The lowest BCUT2D eigenvalue weighted by molar-refractivity contribution is 0.886. The summed E-state index contributed by atoms with van der Waals surface area (Å²) in [5.41, 5.74) is 4.02. The van der Waals surface area contributed by atoms with Crippen molar-refractivity contribution in [3.63, 3.8) is 0 Å². The molecule has 0 unspecified atom stereocenters. The normalized spacial score (nSPS) is 13.6. The van der Waals surface area contributed by atoms with Crippen LogP contribution in [0, 0.1) is 13.8 Å². The molecule has 0 amide bonds. The molecule has 1 aliphatic rings. The third-order valence-electron chi connectivity index (χ3n) is 4.75. The van der Waals surface area contributed by atoms with Crippen LogP contribution in [0.5, 0.6) is 0 Å². The second-order valence-corrected chi connectivity index (χ2v) is 7.46. The predicted octanol–water partition coefficient (Wildman–Crippen LogP) is 5.23. The molecule has 2 N–H and O–H groups in total.